The maximum Gasteiger partial charge on any atom is 0.225 e. The molecule has 4 heteroatoms. The van der Waals surface area contributed by atoms with Gasteiger partial charge in [0.15, 0.2) is 0 Å². The summed E-state index contributed by atoms with van der Waals surface area (Å²) in [5.41, 5.74) is 6.82. The maximum atomic E-state index is 5.95. The van der Waals surface area contributed by atoms with E-state index < -0.39 is 0 Å². The van der Waals surface area contributed by atoms with Gasteiger partial charge >= 0.3 is 0 Å². The summed E-state index contributed by atoms with van der Waals surface area (Å²) >= 11 is 0. The molecule has 1 atom stereocenters. The quantitative estimate of drug-likeness (QED) is 0.614. The van der Waals surface area contributed by atoms with E-state index in [1.807, 2.05) is 30.3 Å². The highest BCUT2D eigenvalue weighted by Gasteiger charge is 2.07. The van der Waals surface area contributed by atoms with Gasteiger partial charge in [0.1, 0.15) is 5.82 Å². The third-order valence-electron chi connectivity index (χ3n) is 3.05. The van der Waals surface area contributed by atoms with Gasteiger partial charge in [-0.15, -0.1) is 6.58 Å². The number of rotatable bonds is 6. The van der Waals surface area contributed by atoms with E-state index in [-0.39, 0.29) is 0 Å². The summed E-state index contributed by atoms with van der Waals surface area (Å²) in [5, 5.41) is 4.19. The summed E-state index contributed by atoms with van der Waals surface area (Å²) in [6, 6.07) is 8.09. The van der Waals surface area contributed by atoms with E-state index in [0.717, 1.165) is 30.2 Å². The van der Waals surface area contributed by atoms with Crippen molar-refractivity contribution >= 4 is 22.7 Å². The summed E-state index contributed by atoms with van der Waals surface area (Å²) in [6.07, 6.45) is 5.15. The molecule has 0 aliphatic carbocycles. The minimum absolute atomic E-state index is 0.320. The van der Waals surface area contributed by atoms with Crippen LogP contribution in [-0.2, 0) is 0 Å². The zero-order valence-electron chi connectivity index (χ0n) is 11.3. The lowest BCUT2D eigenvalue weighted by atomic mass is 10.1. The van der Waals surface area contributed by atoms with Gasteiger partial charge in [-0.1, -0.05) is 18.2 Å². The van der Waals surface area contributed by atoms with Gasteiger partial charge in [0, 0.05) is 11.4 Å². The molecule has 2 rings (SSSR count). The Morgan fingerprint density at radius 2 is 2.16 bits per heavy atom. The molecule has 0 saturated carbocycles. The number of nitrogen functional groups attached to an aromatic ring is 1. The Labute approximate surface area is 113 Å². The van der Waals surface area contributed by atoms with Crippen LogP contribution < -0.4 is 11.1 Å². The smallest absolute Gasteiger partial charge is 0.225 e. The van der Waals surface area contributed by atoms with E-state index in [1.165, 1.54) is 0 Å². The van der Waals surface area contributed by atoms with Crippen molar-refractivity contribution in [2.75, 3.05) is 11.1 Å². The first-order valence-electron chi connectivity index (χ1n) is 6.60. The highest BCUT2D eigenvalue weighted by molar-refractivity contribution is 5.88. The Balaban J connectivity index is 2.10. The average molecular weight is 256 g/mol. The zero-order chi connectivity index (χ0) is 13.7. The van der Waals surface area contributed by atoms with Gasteiger partial charge < -0.3 is 11.1 Å². The minimum Gasteiger partial charge on any atom is -0.383 e. The van der Waals surface area contributed by atoms with E-state index in [2.05, 4.69) is 28.8 Å². The van der Waals surface area contributed by atoms with Crippen LogP contribution in [0.25, 0.3) is 10.9 Å². The Hall–Kier alpha value is -2.10. The van der Waals surface area contributed by atoms with Crippen LogP contribution in [0.2, 0.25) is 0 Å². The molecule has 4 nitrogen and oxygen atoms in total. The van der Waals surface area contributed by atoms with Crippen molar-refractivity contribution < 1.29 is 0 Å². The first-order valence-corrected chi connectivity index (χ1v) is 6.60. The van der Waals surface area contributed by atoms with Gasteiger partial charge in [-0.25, -0.2) is 4.98 Å². The maximum absolute atomic E-state index is 5.95. The lowest BCUT2D eigenvalue weighted by Gasteiger charge is -2.14. The topological polar surface area (TPSA) is 63.8 Å². The van der Waals surface area contributed by atoms with Crippen LogP contribution in [0.1, 0.15) is 26.2 Å². The van der Waals surface area contributed by atoms with E-state index >= 15 is 0 Å². The molecule has 1 aromatic heterocycles. The van der Waals surface area contributed by atoms with E-state index in [1.54, 1.807) is 0 Å². The van der Waals surface area contributed by atoms with E-state index in [0.29, 0.717) is 17.8 Å². The van der Waals surface area contributed by atoms with Gasteiger partial charge in [-0.05, 0) is 38.3 Å². The van der Waals surface area contributed by atoms with E-state index in [4.69, 9.17) is 5.73 Å². The summed E-state index contributed by atoms with van der Waals surface area (Å²) in [4.78, 5) is 8.79. The van der Waals surface area contributed by atoms with Gasteiger partial charge in [0.2, 0.25) is 5.95 Å². The monoisotopic (exact) mass is 256 g/mol. The molecule has 3 N–H and O–H groups in total. The fourth-order valence-electron chi connectivity index (χ4n) is 2.03. The molecule has 0 radical (unpaired) electrons. The first kappa shape index (κ1) is 13.3. The third kappa shape index (κ3) is 3.44. The number of allylic oxidation sites excluding steroid dienone is 1. The van der Waals surface area contributed by atoms with Gasteiger partial charge in [-0.3, -0.25) is 0 Å². The summed E-state index contributed by atoms with van der Waals surface area (Å²) < 4.78 is 0. The largest absolute Gasteiger partial charge is 0.383 e. The molecular weight excluding hydrogens is 236 g/mol. The van der Waals surface area contributed by atoms with Crippen LogP contribution in [0.4, 0.5) is 11.8 Å². The minimum atomic E-state index is 0.320. The molecule has 0 aliphatic heterocycles. The van der Waals surface area contributed by atoms with Crippen molar-refractivity contribution in [2.45, 2.75) is 32.2 Å². The number of nitrogens with two attached hydrogens (primary N) is 1. The molecular formula is C15H20N4. The van der Waals surface area contributed by atoms with Crippen LogP contribution in [0, 0.1) is 0 Å². The number of para-hydroxylation sites is 1. The summed E-state index contributed by atoms with van der Waals surface area (Å²) in [5.74, 6) is 1.12. The molecule has 0 saturated heterocycles. The number of nitrogens with one attached hydrogen (secondary N) is 1. The Kier molecular flexibility index (Phi) is 4.34. The van der Waals surface area contributed by atoms with Crippen molar-refractivity contribution in [1.82, 2.24) is 9.97 Å². The van der Waals surface area contributed by atoms with Crippen molar-refractivity contribution in [1.29, 1.82) is 0 Å². The number of nitrogens with zero attached hydrogens (tertiary/aromatic N) is 2. The Bertz CT molecular complexity index is 565. The summed E-state index contributed by atoms with van der Waals surface area (Å²) in [7, 11) is 0. The average Bonchev–Trinajstić information content (AvgIpc) is 2.39. The predicted molar refractivity (Wildman–Crippen MR) is 81.1 cm³/mol. The SMILES string of the molecule is C=CCCCC(C)Nc1nc(N)c2ccccc2n1. The second-order valence-electron chi connectivity index (χ2n) is 4.71. The van der Waals surface area contributed by atoms with Crippen molar-refractivity contribution in [2.24, 2.45) is 0 Å². The highest BCUT2D eigenvalue weighted by Crippen LogP contribution is 2.19. The molecule has 0 amide bonds. The standard InChI is InChI=1S/C15H20N4/c1-3-4-5-8-11(2)17-15-18-13-10-7-6-9-12(13)14(16)19-15/h3,6-7,9-11H,1,4-5,8H2,2H3,(H3,16,17,18,19). The fraction of sp³-hybridized carbons (Fsp3) is 0.333. The molecule has 1 heterocycles. The van der Waals surface area contributed by atoms with Crippen LogP contribution in [0.15, 0.2) is 36.9 Å². The molecule has 1 aromatic carbocycles. The van der Waals surface area contributed by atoms with Crippen LogP contribution in [0.3, 0.4) is 0 Å². The fourth-order valence-corrected chi connectivity index (χ4v) is 2.03. The number of hydrogen-bond acceptors (Lipinski definition) is 4. The molecule has 0 aliphatic rings. The lowest BCUT2D eigenvalue weighted by molar-refractivity contribution is 0.659. The Morgan fingerprint density at radius 1 is 1.37 bits per heavy atom. The molecule has 0 spiro atoms. The molecule has 0 bridgehead atoms. The zero-order valence-corrected chi connectivity index (χ0v) is 11.3. The number of benzene rings is 1. The molecule has 2 aromatic rings. The number of hydrogen-bond donors (Lipinski definition) is 2. The second kappa shape index (κ2) is 6.18. The molecule has 100 valence electrons. The van der Waals surface area contributed by atoms with E-state index in [9.17, 15) is 0 Å². The lowest BCUT2D eigenvalue weighted by Crippen LogP contribution is -2.17. The second-order valence-corrected chi connectivity index (χ2v) is 4.71. The van der Waals surface area contributed by atoms with Gasteiger partial charge in [-0.2, -0.15) is 4.98 Å². The number of fused-ring (bicyclic) bond motifs is 1. The van der Waals surface area contributed by atoms with Crippen LogP contribution in [-0.4, -0.2) is 16.0 Å². The number of unbranched alkanes of at least 4 members (excludes halogenated alkanes) is 1. The van der Waals surface area contributed by atoms with Crippen molar-refractivity contribution in [3.8, 4) is 0 Å². The summed E-state index contributed by atoms with van der Waals surface area (Å²) in [6.45, 7) is 5.85. The first-order chi connectivity index (χ1) is 9.20. The number of aromatic nitrogens is 2. The normalized spacial score (nSPS) is 12.3. The van der Waals surface area contributed by atoms with Crippen LogP contribution >= 0.6 is 0 Å². The number of anilines is 2. The van der Waals surface area contributed by atoms with Crippen LogP contribution in [0.5, 0.6) is 0 Å². The molecule has 0 fully saturated rings. The highest BCUT2D eigenvalue weighted by atomic mass is 15.1. The van der Waals surface area contributed by atoms with Crippen molar-refractivity contribution in [3.05, 3.63) is 36.9 Å². The van der Waals surface area contributed by atoms with Gasteiger partial charge in [0.05, 0.1) is 5.52 Å². The molecule has 1 unspecified atom stereocenters. The van der Waals surface area contributed by atoms with Gasteiger partial charge in [0.25, 0.3) is 0 Å². The predicted octanol–water partition coefficient (Wildman–Crippen LogP) is 3.37. The Morgan fingerprint density at radius 3 is 2.95 bits per heavy atom. The third-order valence-corrected chi connectivity index (χ3v) is 3.05. The van der Waals surface area contributed by atoms with Crippen molar-refractivity contribution in [3.63, 3.8) is 0 Å². The molecule has 19 heavy (non-hydrogen) atoms.